The zero-order chi connectivity index (χ0) is 15.2. The SMILES string of the molecule is C=Nc1ccccc1/C(=C\C)Oc1cccc(C(N)=O)c1. The maximum absolute atomic E-state index is 11.2. The molecule has 2 aromatic carbocycles. The number of nitrogens with zero attached hydrogens (tertiary/aromatic N) is 1. The Morgan fingerprint density at radius 2 is 2.00 bits per heavy atom. The predicted octanol–water partition coefficient (Wildman–Crippen LogP) is 3.56. The van der Waals surface area contributed by atoms with Gasteiger partial charge in [0.15, 0.2) is 0 Å². The summed E-state index contributed by atoms with van der Waals surface area (Å²) in [5.74, 6) is 0.688. The lowest BCUT2D eigenvalue weighted by Crippen LogP contribution is -2.10. The number of carbonyl (C=O) groups excluding carboxylic acids is 1. The maximum atomic E-state index is 11.2. The molecule has 0 saturated carbocycles. The Hall–Kier alpha value is -2.88. The van der Waals surface area contributed by atoms with Gasteiger partial charge in [0, 0.05) is 11.1 Å². The van der Waals surface area contributed by atoms with Gasteiger partial charge in [-0.1, -0.05) is 18.2 Å². The van der Waals surface area contributed by atoms with E-state index in [4.69, 9.17) is 10.5 Å². The topological polar surface area (TPSA) is 64.7 Å². The van der Waals surface area contributed by atoms with E-state index in [9.17, 15) is 4.79 Å². The van der Waals surface area contributed by atoms with Crippen LogP contribution < -0.4 is 10.5 Å². The molecule has 0 radical (unpaired) electrons. The molecule has 1 amide bonds. The van der Waals surface area contributed by atoms with Gasteiger partial charge >= 0.3 is 0 Å². The van der Waals surface area contributed by atoms with E-state index < -0.39 is 5.91 Å². The molecule has 0 aliphatic rings. The summed E-state index contributed by atoms with van der Waals surface area (Å²) in [4.78, 5) is 15.2. The Bertz CT molecular complexity index is 705. The molecule has 4 heteroatoms. The molecule has 0 spiro atoms. The van der Waals surface area contributed by atoms with Crippen molar-refractivity contribution in [3.63, 3.8) is 0 Å². The lowest BCUT2D eigenvalue weighted by molar-refractivity contribution is 0.1000. The first-order chi connectivity index (χ1) is 10.2. The fourth-order valence-corrected chi connectivity index (χ4v) is 1.93. The van der Waals surface area contributed by atoms with Crippen molar-refractivity contribution >= 4 is 24.1 Å². The van der Waals surface area contributed by atoms with Gasteiger partial charge < -0.3 is 10.5 Å². The van der Waals surface area contributed by atoms with Crippen LogP contribution in [0.25, 0.3) is 5.76 Å². The lowest BCUT2D eigenvalue weighted by atomic mass is 10.1. The maximum Gasteiger partial charge on any atom is 0.248 e. The van der Waals surface area contributed by atoms with E-state index in [1.54, 1.807) is 24.3 Å². The summed E-state index contributed by atoms with van der Waals surface area (Å²) in [5, 5.41) is 0. The number of aliphatic imine (C=N–C) groups is 1. The van der Waals surface area contributed by atoms with Crippen LogP contribution in [-0.2, 0) is 0 Å². The number of ether oxygens (including phenoxy) is 1. The molecule has 0 saturated heterocycles. The highest BCUT2D eigenvalue weighted by molar-refractivity contribution is 5.93. The molecule has 0 unspecified atom stereocenters. The standard InChI is InChI=1S/C17H16N2O2/c1-3-16(14-9-4-5-10-15(14)19-2)21-13-8-6-7-12(11-13)17(18)20/h3-11H,2H2,1H3,(H2,18,20)/b16-3+. The molecule has 21 heavy (non-hydrogen) atoms. The van der Waals surface area contributed by atoms with Crippen molar-refractivity contribution < 1.29 is 9.53 Å². The quantitative estimate of drug-likeness (QED) is 0.672. The number of amides is 1. The second-order valence-corrected chi connectivity index (χ2v) is 4.32. The van der Waals surface area contributed by atoms with Gasteiger partial charge in [-0.05, 0) is 50.0 Å². The zero-order valence-electron chi connectivity index (χ0n) is 11.7. The number of hydrogen-bond acceptors (Lipinski definition) is 3. The number of carbonyl (C=O) groups is 1. The molecule has 2 aromatic rings. The second kappa shape index (κ2) is 6.52. The molecule has 0 atom stereocenters. The number of benzene rings is 2. The molecule has 2 rings (SSSR count). The highest BCUT2D eigenvalue weighted by atomic mass is 16.5. The van der Waals surface area contributed by atoms with Crippen LogP contribution in [0.4, 0.5) is 5.69 Å². The fourth-order valence-electron chi connectivity index (χ4n) is 1.93. The van der Waals surface area contributed by atoms with Gasteiger partial charge in [-0.3, -0.25) is 9.79 Å². The summed E-state index contributed by atoms with van der Waals surface area (Å²) >= 11 is 0. The Morgan fingerprint density at radius 1 is 1.24 bits per heavy atom. The van der Waals surface area contributed by atoms with Gasteiger partial charge in [-0.2, -0.15) is 0 Å². The molecule has 0 heterocycles. The van der Waals surface area contributed by atoms with Crippen molar-refractivity contribution in [1.82, 2.24) is 0 Å². The summed E-state index contributed by atoms with van der Waals surface area (Å²) in [6, 6.07) is 14.3. The number of nitrogens with two attached hydrogens (primary N) is 1. The minimum absolute atomic E-state index is 0.401. The summed E-state index contributed by atoms with van der Waals surface area (Å²) in [7, 11) is 0. The number of primary amides is 1. The Morgan fingerprint density at radius 3 is 2.67 bits per heavy atom. The predicted molar refractivity (Wildman–Crippen MR) is 84.9 cm³/mol. The molecule has 0 fully saturated rings. The number of hydrogen-bond donors (Lipinski definition) is 1. The third-order valence-corrected chi connectivity index (χ3v) is 2.95. The Labute approximate surface area is 123 Å². The third kappa shape index (κ3) is 3.36. The van der Waals surface area contributed by atoms with Crippen LogP contribution in [-0.4, -0.2) is 12.6 Å². The summed E-state index contributed by atoms with van der Waals surface area (Å²) in [6.07, 6.45) is 1.83. The summed E-state index contributed by atoms with van der Waals surface area (Å²) in [6.45, 7) is 5.43. The van der Waals surface area contributed by atoms with Gasteiger partial charge in [0.25, 0.3) is 0 Å². The average molecular weight is 280 g/mol. The molecular formula is C17H16N2O2. The summed E-state index contributed by atoms with van der Waals surface area (Å²) < 4.78 is 5.85. The molecule has 106 valence electrons. The first-order valence-electron chi connectivity index (χ1n) is 6.46. The lowest BCUT2D eigenvalue weighted by Gasteiger charge is -2.12. The Balaban J connectivity index is 2.34. The van der Waals surface area contributed by atoms with Gasteiger partial charge in [-0.25, -0.2) is 0 Å². The minimum atomic E-state index is -0.490. The number of allylic oxidation sites excluding steroid dienone is 1. The number of rotatable bonds is 5. The van der Waals surface area contributed by atoms with Crippen molar-refractivity contribution in [3.05, 3.63) is 65.7 Å². The molecule has 0 aliphatic carbocycles. The smallest absolute Gasteiger partial charge is 0.248 e. The molecular weight excluding hydrogens is 264 g/mol. The highest BCUT2D eigenvalue weighted by Crippen LogP contribution is 2.28. The van der Waals surface area contributed by atoms with Crippen LogP contribution in [0, 0.1) is 0 Å². The Kier molecular flexibility index (Phi) is 4.51. The molecule has 0 aliphatic heterocycles. The third-order valence-electron chi connectivity index (χ3n) is 2.95. The van der Waals surface area contributed by atoms with E-state index in [0.29, 0.717) is 17.1 Å². The van der Waals surface area contributed by atoms with Gasteiger partial charge in [-0.15, -0.1) is 0 Å². The van der Waals surface area contributed by atoms with E-state index in [-0.39, 0.29) is 0 Å². The van der Waals surface area contributed by atoms with Crippen LogP contribution in [0.3, 0.4) is 0 Å². The van der Waals surface area contributed by atoms with Crippen molar-refractivity contribution in [2.75, 3.05) is 0 Å². The number of para-hydroxylation sites is 1. The van der Waals surface area contributed by atoms with E-state index in [2.05, 4.69) is 11.7 Å². The van der Waals surface area contributed by atoms with Crippen molar-refractivity contribution in [1.29, 1.82) is 0 Å². The van der Waals surface area contributed by atoms with Gasteiger partial charge in [0.1, 0.15) is 11.5 Å². The monoisotopic (exact) mass is 280 g/mol. The molecule has 2 N–H and O–H groups in total. The molecule has 4 nitrogen and oxygen atoms in total. The van der Waals surface area contributed by atoms with E-state index in [1.165, 1.54) is 0 Å². The first-order valence-corrected chi connectivity index (χ1v) is 6.46. The van der Waals surface area contributed by atoms with E-state index in [1.807, 2.05) is 37.3 Å². The second-order valence-electron chi connectivity index (χ2n) is 4.32. The van der Waals surface area contributed by atoms with Gasteiger partial charge in [0.2, 0.25) is 5.91 Å². The van der Waals surface area contributed by atoms with Crippen LogP contribution in [0.2, 0.25) is 0 Å². The zero-order valence-corrected chi connectivity index (χ0v) is 11.7. The van der Waals surface area contributed by atoms with Gasteiger partial charge in [0.05, 0.1) is 5.69 Å². The van der Waals surface area contributed by atoms with E-state index in [0.717, 1.165) is 11.3 Å². The van der Waals surface area contributed by atoms with Crippen molar-refractivity contribution in [3.8, 4) is 5.75 Å². The van der Waals surface area contributed by atoms with Crippen LogP contribution in [0.5, 0.6) is 5.75 Å². The average Bonchev–Trinajstić information content (AvgIpc) is 2.52. The largest absolute Gasteiger partial charge is 0.457 e. The molecule has 0 bridgehead atoms. The van der Waals surface area contributed by atoms with Crippen LogP contribution >= 0.6 is 0 Å². The van der Waals surface area contributed by atoms with Crippen molar-refractivity contribution in [2.24, 2.45) is 10.7 Å². The normalized spacial score (nSPS) is 11.0. The van der Waals surface area contributed by atoms with Crippen molar-refractivity contribution in [2.45, 2.75) is 6.92 Å². The van der Waals surface area contributed by atoms with E-state index >= 15 is 0 Å². The van der Waals surface area contributed by atoms with Crippen LogP contribution in [0.1, 0.15) is 22.8 Å². The first kappa shape index (κ1) is 14.5. The minimum Gasteiger partial charge on any atom is -0.457 e. The van der Waals surface area contributed by atoms with Crippen LogP contribution in [0.15, 0.2) is 59.6 Å². The highest BCUT2D eigenvalue weighted by Gasteiger charge is 2.09. The fraction of sp³-hybridized carbons (Fsp3) is 0.0588. The molecule has 0 aromatic heterocycles. The summed E-state index contributed by atoms with van der Waals surface area (Å²) in [5.41, 5.74) is 7.24.